The Labute approximate surface area is 100 Å². The third kappa shape index (κ3) is 1.51. The van der Waals surface area contributed by atoms with E-state index in [4.69, 9.17) is 5.26 Å². The Kier molecular flexibility index (Phi) is 2.46. The third-order valence-electron chi connectivity index (χ3n) is 2.10. The van der Waals surface area contributed by atoms with Crippen molar-refractivity contribution in [3.05, 3.63) is 34.1 Å². The van der Waals surface area contributed by atoms with Crippen LogP contribution >= 0.6 is 0 Å². The van der Waals surface area contributed by atoms with Gasteiger partial charge in [-0.25, -0.2) is 0 Å². The molecule has 1 heterocycles. The van der Waals surface area contributed by atoms with E-state index >= 15 is 0 Å². The first-order valence-electron chi connectivity index (χ1n) is 4.12. The predicted octanol–water partition coefficient (Wildman–Crippen LogP) is -0.101. The van der Waals surface area contributed by atoms with Crippen LogP contribution in [0.4, 0.5) is 0 Å². The maximum atomic E-state index is 11.4. The number of aromatic nitrogens is 1. The molecule has 0 aliphatic rings. The molecule has 0 saturated heterocycles. The molecule has 5 heteroatoms. The molecule has 0 spiro atoms. The minimum atomic E-state index is -0.550. The van der Waals surface area contributed by atoms with Gasteiger partial charge in [-0.3, -0.25) is 0 Å². The number of pyridine rings is 1. The van der Waals surface area contributed by atoms with Gasteiger partial charge in [0.1, 0.15) is 0 Å². The molecule has 0 bridgehead atoms. The topological polar surface area (TPSA) is 76.9 Å². The Bertz CT molecular complexity index is 640. The summed E-state index contributed by atoms with van der Waals surface area (Å²) in [6.07, 6.45) is 0. The number of rotatable bonds is 0. The molecule has 0 unspecified atom stereocenters. The van der Waals surface area contributed by atoms with E-state index in [1.807, 2.05) is 6.07 Å². The van der Waals surface area contributed by atoms with Crippen LogP contribution in [0, 0.1) is 11.3 Å². The molecule has 0 amide bonds. The van der Waals surface area contributed by atoms with Crippen molar-refractivity contribution < 1.29 is 5.11 Å². The van der Waals surface area contributed by atoms with E-state index < -0.39 is 5.56 Å². The van der Waals surface area contributed by atoms with Crippen LogP contribution in [0.2, 0.25) is 0 Å². The van der Waals surface area contributed by atoms with Gasteiger partial charge in [0, 0.05) is 0 Å². The third-order valence-corrected chi connectivity index (χ3v) is 3.55. The minimum absolute atomic E-state index is 0.214. The predicted molar refractivity (Wildman–Crippen MR) is 56.3 cm³/mol. The van der Waals surface area contributed by atoms with Gasteiger partial charge in [-0.05, 0) is 0 Å². The van der Waals surface area contributed by atoms with Crippen molar-refractivity contribution in [3.8, 4) is 11.8 Å². The van der Waals surface area contributed by atoms with Crippen LogP contribution in [0.25, 0.3) is 10.9 Å². The molecule has 2 radical (unpaired) electrons. The number of benzene rings is 1. The zero-order valence-corrected chi connectivity index (χ0v) is 11.0. The van der Waals surface area contributed by atoms with E-state index in [0.717, 1.165) is 28.0 Å². The van der Waals surface area contributed by atoms with Crippen LogP contribution < -0.4 is 8.83 Å². The van der Waals surface area contributed by atoms with Gasteiger partial charge in [-0.15, -0.1) is 0 Å². The van der Waals surface area contributed by atoms with Gasteiger partial charge in [0.15, 0.2) is 0 Å². The van der Waals surface area contributed by atoms with Gasteiger partial charge in [-0.2, -0.15) is 0 Å². The van der Waals surface area contributed by atoms with Crippen molar-refractivity contribution >= 4 is 38.9 Å². The molecule has 4 nitrogen and oxygen atoms in total. The van der Waals surface area contributed by atoms with E-state index in [1.54, 1.807) is 18.2 Å². The van der Waals surface area contributed by atoms with Crippen LogP contribution in [-0.2, 0) is 0 Å². The number of aromatic hydroxyl groups is 1. The molecule has 0 aliphatic carbocycles. The number of fused-ring (bicyclic) bond motifs is 1. The molecular formula is C10H5BiN2O2. The summed E-state index contributed by atoms with van der Waals surface area (Å²) in [5.41, 5.74) is -0.205. The fourth-order valence-electron chi connectivity index (χ4n) is 1.41. The van der Waals surface area contributed by atoms with E-state index in [9.17, 15) is 9.90 Å². The average Bonchev–Trinajstić information content (AvgIpc) is 2.17. The van der Waals surface area contributed by atoms with Gasteiger partial charge in [0.25, 0.3) is 0 Å². The van der Waals surface area contributed by atoms with Crippen molar-refractivity contribution in [1.29, 1.82) is 5.26 Å². The van der Waals surface area contributed by atoms with Crippen molar-refractivity contribution in [2.75, 3.05) is 0 Å². The SMILES string of the molecule is N#Cc1c(O)c2[c]([Bi])cccc2[nH]c1=O. The Morgan fingerprint density at radius 1 is 1.47 bits per heavy atom. The standard InChI is InChI=1S/C10H5N2O2.Bi/c11-5-7-9(13)6-3-1-2-4-8(6)12-10(7)14;/h1-2,4H,(H2,12,13,14);. The second kappa shape index (κ2) is 3.64. The van der Waals surface area contributed by atoms with Crippen LogP contribution in [-0.4, -0.2) is 34.8 Å². The average molecular weight is 394 g/mol. The first kappa shape index (κ1) is 10.1. The molecule has 0 fully saturated rings. The van der Waals surface area contributed by atoms with Crippen LogP contribution in [0.15, 0.2) is 23.0 Å². The van der Waals surface area contributed by atoms with Crippen LogP contribution in [0.1, 0.15) is 5.56 Å². The molecule has 72 valence electrons. The number of nitrogens with zero attached hydrogens (tertiary/aromatic N) is 1. The van der Waals surface area contributed by atoms with Gasteiger partial charge in [0.2, 0.25) is 0 Å². The normalized spacial score (nSPS) is 10.1. The number of H-pyrrole nitrogens is 1. The quantitative estimate of drug-likeness (QED) is 0.613. The molecule has 1 aromatic heterocycles. The number of nitrogens with one attached hydrogen (secondary N) is 1. The van der Waals surface area contributed by atoms with Gasteiger partial charge in [0.05, 0.1) is 0 Å². The Hall–Kier alpha value is -1.40. The van der Waals surface area contributed by atoms with Crippen LogP contribution in [0.5, 0.6) is 5.75 Å². The summed E-state index contributed by atoms with van der Waals surface area (Å²) in [6.45, 7) is 0. The Morgan fingerprint density at radius 2 is 2.20 bits per heavy atom. The van der Waals surface area contributed by atoms with Gasteiger partial charge >= 0.3 is 100 Å². The number of hydrogen-bond acceptors (Lipinski definition) is 3. The summed E-state index contributed by atoms with van der Waals surface area (Å²) in [5.74, 6) is -0.214. The molecule has 15 heavy (non-hydrogen) atoms. The van der Waals surface area contributed by atoms with E-state index in [1.165, 1.54) is 0 Å². The summed E-state index contributed by atoms with van der Waals surface area (Å²) < 4.78 is 0.928. The Morgan fingerprint density at radius 3 is 2.87 bits per heavy atom. The Balaban J connectivity index is 3.08. The van der Waals surface area contributed by atoms with Crippen molar-refractivity contribution in [3.63, 3.8) is 0 Å². The zero-order valence-electron chi connectivity index (χ0n) is 7.48. The first-order chi connectivity index (χ1) is 7.15. The van der Waals surface area contributed by atoms with Crippen molar-refractivity contribution in [2.24, 2.45) is 0 Å². The first-order valence-corrected chi connectivity index (χ1v) is 5.86. The summed E-state index contributed by atoms with van der Waals surface area (Å²) in [5, 5.41) is 19.1. The molecular weight excluding hydrogens is 389 g/mol. The molecule has 2 N–H and O–H groups in total. The van der Waals surface area contributed by atoms with Gasteiger partial charge in [-0.1, -0.05) is 0 Å². The number of aromatic amines is 1. The summed E-state index contributed by atoms with van der Waals surface area (Å²) >= 11 is 0.955. The van der Waals surface area contributed by atoms with E-state index in [0.29, 0.717) is 10.9 Å². The second-order valence-electron chi connectivity index (χ2n) is 2.99. The molecule has 0 atom stereocenters. The molecule has 0 aliphatic heterocycles. The summed E-state index contributed by atoms with van der Waals surface area (Å²) in [6, 6.07) is 7.07. The number of hydrogen-bond donors (Lipinski definition) is 2. The van der Waals surface area contributed by atoms with Crippen molar-refractivity contribution in [2.45, 2.75) is 0 Å². The van der Waals surface area contributed by atoms with E-state index in [2.05, 4.69) is 4.98 Å². The fraction of sp³-hybridized carbons (Fsp3) is 0. The van der Waals surface area contributed by atoms with Crippen LogP contribution in [0.3, 0.4) is 0 Å². The summed E-state index contributed by atoms with van der Waals surface area (Å²) in [7, 11) is 0. The molecule has 0 saturated carbocycles. The fourth-order valence-corrected chi connectivity index (χ4v) is 2.63. The maximum absolute atomic E-state index is 11.4. The molecule has 2 rings (SSSR count). The molecule has 1 aromatic carbocycles. The van der Waals surface area contributed by atoms with Crippen molar-refractivity contribution in [1.82, 2.24) is 4.98 Å². The zero-order chi connectivity index (χ0) is 11.0. The summed E-state index contributed by atoms with van der Waals surface area (Å²) in [4.78, 5) is 13.9. The second-order valence-corrected chi connectivity index (χ2v) is 4.86. The van der Waals surface area contributed by atoms with E-state index in [-0.39, 0.29) is 11.3 Å². The van der Waals surface area contributed by atoms with Gasteiger partial charge < -0.3 is 0 Å². The number of nitriles is 1. The molecule has 2 aromatic rings. The monoisotopic (exact) mass is 394 g/mol.